The molecule has 2 N–H and O–H groups in total. The molecule has 1 aromatic carbocycles. The molecule has 0 unspecified atom stereocenters. The van der Waals surface area contributed by atoms with Crippen molar-refractivity contribution < 1.29 is 4.74 Å². The molecule has 0 spiro atoms. The lowest BCUT2D eigenvalue weighted by Crippen LogP contribution is -2.04. The van der Waals surface area contributed by atoms with Gasteiger partial charge in [-0.1, -0.05) is 0 Å². The second-order valence-corrected chi connectivity index (χ2v) is 5.94. The lowest BCUT2D eigenvalue weighted by molar-refractivity contribution is 0.412. The van der Waals surface area contributed by atoms with Gasteiger partial charge in [0.25, 0.3) is 0 Å². The Kier molecular flexibility index (Phi) is 4.29. The molecule has 4 rings (SSSR count). The van der Waals surface area contributed by atoms with Crippen LogP contribution in [-0.2, 0) is 0 Å². The maximum absolute atomic E-state index is 5.53. The molecule has 0 saturated carbocycles. The molecular weight excluding hydrogens is 342 g/mol. The van der Waals surface area contributed by atoms with Gasteiger partial charge in [0, 0.05) is 30.7 Å². The molecule has 8 heteroatoms. The highest BCUT2D eigenvalue weighted by atomic mass is 16.5. The van der Waals surface area contributed by atoms with Crippen LogP contribution in [-0.4, -0.2) is 38.9 Å². The van der Waals surface area contributed by atoms with E-state index in [0.29, 0.717) is 11.7 Å². The SMILES string of the molecule is CNc1cc(C)nc(Nc2ccc(OC)c(-n3ncc4ncccc43)c2)n1. The Balaban J connectivity index is 1.76. The summed E-state index contributed by atoms with van der Waals surface area (Å²) in [5.41, 5.74) is 4.21. The summed E-state index contributed by atoms with van der Waals surface area (Å²) in [6.07, 6.45) is 3.48. The highest BCUT2D eigenvalue weighted by molar-refractivity contribution is 5.77. The fourth-order valence-electron chi connectivity index (χ4n) is 2.87. The Labute approximate surface area is 156 Å². The lowest BCUT2D eigenvalue weighted by Gasteiger charge is -2.13. The number of fused-ring (bicyclic) bond motifs is 1. The van der Waals surface area contributed by atoms with Crippen molar-refractivity contribution in [2.24, 2.45) is 0 Å². The number of hydrogen-bond donors (Lipinski definition) is 2. The number of aromatic nitrogens is 5. The van der Waals surface area contributed by atoms with Crippen LogP contribution < -0.4 is 15.4 Å². The molecule has 0 aliphatic rings. The van der Waals surface area contributed by atoms with Gasteiger partial charge in [0.2, 0.25) is 5.95 Å². The monoisotopic (exact) mass is 361 g/mol. The molecule has 0 aliphatic heterocycles. The van der Waals surface area contributed by atoms with Crippen molar-refractivity contribution in [3.63, 3.8) is 0 Å². The summed E-state index contributed by atoms with van der Waals surface area (Å²) < 4.78 is 7.34. The standard InChI is InChI=1S/C19H19N7O/c1-12-9-18(20-2)25-19(23-12)24-13-6-7-17(27-3)16(10-13)26-15-5-4-8-21-14(15)11-22-26/h4-11H,1-3H3,(H2,20,23,24,25). The van der Waals surface area contributed by atoms with Crippen molar-refractivity contribution in [3.05, 3.63) is 54.5 Å². The first-order valence-corrected chi connectivity index (χ1v) is 8.45. The molecule has 0 bridgehead atoms. The van der Waals surface area contributed by atoms with Gasteiger partial charge in [0.15, 0.2) is 0 Å². The first kappa shape index (κ1) is 16.8. The maximum Gasteiger partial charge on any atom is 0.229 e. The fraction of sp³-hybridized carbons (Fsp3) is 0.158. The van der Waals surface area contributed by atoms with Gasteiger partial charge in [0.1, 0.15) is 22.8 Å². The third-order valence-electron chi connectivity index (χ3n) is 4.11. The number of methoxy groups -OCH3 is 1. The number of hydrogen-bond acceptors (Lipinski definition) is 7. The molecular formula is C19H19N7O. The molecule has 4 aromatic rings. The predicted molar refractivity (Wildman–Crippen MR) is 105 cm³/mol. The van der Waals surface area contributed by atoms with Crippen LogP contribution in [0.25, 0.3) is 16.7 Å². The highest BCUT2D eigenvalue weighted by Gasteiger charge is 2.12. The summed E-state index contributed by atoms with van der Waals surface area (Å²) in [6.45, 7) is 1.93. The minimum atomic E-state index is 0.516. The lowest BCUT2D eigenvalue weighted by atomic mass is 10.2. The summed E-state index contributed by atoms with van der Waals surface area (Å²) in [5.74, 6) is 1.97. The Morgan fingerprint density at radius 2 is 2.00 bits per heavy atom. The van der Waals surface area contributed by atoms with Crippen LogP contribution in [0.4, 0.5) is 17.5 Å². The highest BCUT2D eigenvalue weighted by Crippen LogP contribution is 2.29. The van der Waals surface area contributed by atoms with Gasteiger partial charge in [0.05, 0.1) is 18.8 Å². The molecule has 0 saturated heterocycles. The fourth-order valence-corrected chi connectivity index (χ4v) is 2.87. The van der Waals surface area contributed by atoms with Gasteiger partial charge in [-0.05, 0) is 37.3 Å². The number of nitrogens with one attached hydrogen (secondary N) is 2. The van der Waals surface area contributed by atoms with Crippen molar-refractivity contribution in [2.45, 2.75) is 6.92 Å². The number of benzene rings is 1. The van der Waals surface area contributed by atoms with Gasteiger partial charge >= 0.3 is 0 Å². The van der Waals surface area contributed by atoms with Crippen LogP contribution in [0.2, 0.25) is 0 Å². The van der Waals surface area contributed by atoms with E-state index in [-0.39, 0.29) is 0 Å². The summed E-state index contributed by atoms with van der Waals surface area (Å²) in [4.78, 5) is 13.2. The number of pyridine rings is 1. The van der Waals surface area contributed by atoms with E-state index in [0.717, 1.165) is 33.9 Å². The molecule has 3 aromatic heterocycles. The van der Waals surface area contributed by atoms with Crippen LogP contribution >= 0.6 is 0 Å². The summed E-state index contributed by atoms with van der Waals surface area (Å²) in [5, 5.41) is 10.7. The molecule has 0 fully saturated rings. The Bertz CT molecular complexity index is 1110. The molecule has 0 radical (unpaired) electrons. The van der Waals surface area contributed by atoms with Crippen molar-refractivity contribution in [2.75, 3.05) is 24.8 Å². The average Bonchev–Trinajstić information content (AvgIpc) is 3.11. The quantitative estimate of drug-likeness (QED) is 0.563. The Morgan fingerprint density at radius 1 is 1.11 bits per heavy atom. The van der Waals surface area contributed by atoms with Crippen LogP contribution in [0, 0.1) is 6.92 Å². The summed E-state index contributed by atoms with van der Waals surface area (Å²) >= 11 is 0. The van der Waals surface area contributed by atoms with E-state index < -0.39 is 0 Å². The van der Waals surface area contributed by atoms with E-state index in [9.17, 15) is 0 Å². The van der Waals surface area contributed by atoms with Gasteiger partial charge < -0.3 is 15.4 Å². The number of anilines is 3. The summed E-state index contributed by atoms with van der Waals surface area (Å²) in [6, 6.07) is 11.5. The van der Waals surface area contributed by atoms with Crippen LogP contribution in [0.3, 0.4) is 0 Å². The molecule has 8 nitrogen and oxygen atoms in total. The van der Waals surface area contributed by atoms with Gasteiger partial charge in [-0.2, -0.15) is 10.1 Å². The van der Waals surface area contributed by atoms with E-state index >= 15 is 0 Å². The Hall–Kier alpha value is -3.68. The van der Waals surface area contributed by atoms with Gasteiger partial charge in [-0.25, -0.2) is 9.67 Å². The predicted octanol–water partition coefficient (Wildman–Crippen LogP) is 3.31. The van der Waals surface area contributed by atoms with Gasteiger partial charge in [-0.15, -0.1) is 0 Å². The van der Waals surface area contributed by atoms with E-state index in [4.69, 9.17) is 4.74 Å². The van der Waals surface area contributed by atoms with Crippen molar-refractivity contribution in [1.82, 2.24) is 24.7 Å². The van der Waals surface area contributed by atoms with Crippen molar-refractivity contribution >= 4 is 28.5 Å². The summed E-state index contributed by atoms with van der Waals surface area (Å²) in [7, 11) is 3.46. The smallest absolute Gasteiger partial charge is 0.229 e. The average molecular weight is 361 g/mol. The molecule has 0 atom stereocenters. The Morgan fingerprint density at radius 3 is 2.81 bits per heavy atom. The van der Waals surface area contributed by atoms with E-state index in [1.807, 2.05) is 55.1 Å². The second-order valence-electron chi connectivity index (χ2n) is 5.94. The molecule has 27 heavy (non-hydrogen) atoms. The minimum Gasteiger partial charge on any atom is -0.494 e. The number of nitrogens with zero attached hydrogens (tertiary/aromatic N) is 5. The third-order valence-corrected chi connectivity index (χ3v) is 4.11. The van der Waals surface area contributed by atoms with E-state index in [1.54, 1.807) is 19.5 Å². The normalized spacial score (nSPS) is 10.8. The second kappa shape index (κ2) is 6.91. The van der Waals surface area contributed by atoms with Crippen molar-refractivity contribution in [1.29, 1.82) is 0 Å². The van der Waals surface area contributed by atoms with Crippen LogP contribution in [0.1, 0.15) is 5.69 Å². The van der Waals surface area contributed by atoms with E-state index in [2.05, 4.69) is 30.7 Å². The van der Waals surface area contributed by atoms with Crippen LogP contribution in [0.15, 0.2) is 48.8 Å². The minimum absolute atomic E-state index is 0.516. The zero-order valence-electron chi connectivity index (χ0n) is 15.3. The zero-order valence-corrected chi connectivity index (χ0v) is 15.3. The molecule has 3 heterocycles. The molecule has 136 valence electrons. The first-order valence-electron chi connectivity index (χ1n) is 8.45. The number of aryl methyl sites for hydroxylation is 1. The topological polar surface area (TPSA) is 89.8 Å². The molecule has 0 amide bonds. The zero-order chi connectivity index (χ0) is 18.8. The largest absolute Gasteiger partial charge is 0.494 e. The van der Waals surface area contributed by atoms with Crippen LogP contribution in [0.5, 0.6) is 5.75 Å². The van der Waals surface area contributed by atoms with Crippen molar-refractivity contribution in [3.8, 4) is 11.4 Å². The first-order chi connectivity index (χ1) is 13.2. The number of rotatable bonds is 5. The number of ether oxygens (including phenoxy) is 1. The van der Waals surface area contributed by atoms with Gasteiger partial charge in [-0.3, -0.25) is 4.98 Å². The van der Waals surface area contributed by atoms with E-state index in [1.165, 1.54) is 0 Å². The molecule has 0 aliphatic carbocycles. The maximum atomic E-state index is 5.53. The third kappa shape index (κ3) is 3.24.